The van der Waals surface area contributed by atoms with Crippen LogP contribution in [0, 0.1) is 0 Å². The average Bonchev–Trinajstić information content (AvgIpc) is 2.73. The van der Waals surface area contributed by atoms with Gasteiger partial charge in [-0.05, 0) is 42.0 Å². The van der Waals surface area contributed by atoms with E-state index in [9.17, 15) is 18.0 Å². The molecule has 1 aliphatic carbocycles. The van der Waals surface area contributed by atoms with Crippen LogP contribution >= 0.6 is 0 Å². The molecule has 1 atom stereocenters. The van der Waals surface area contributed by atoms with E-state index < -0.39 is 17.8 Å². The molecule has 1 unspecified atom stereocenters. The summed E-state index contributed by atoms with van der Waals surface area (Å²) in [5, 5.41) is 3.07. The highest BCUT2D eigenvalue weighted by Gasteiger charge is 2.34. The molecule has 7 heteroatoms. The number of alkyl halides is 3. The summed E-state index contributed by atoms with van der Waals surface area (Å²) in [6, 6.07) is 7.95. The van der Waals surface area contributed by atoms with Crippen molar-refractivity contribution >= 4 is 11.6 Å². The molecule has 1 aliphatic rings. The van der Waals surface area contributed by atoms with Gasteiger partial charge in [0.1, 0.15) is 6.04 Å². The Morgan fingerprint density at radius 3 is 2.22 bits per heavy atom. The molecule has 4 nitrogen and oxygen atoms in total. The maximum absolute atomic E-state index is 13.4. The number of carbonyl (C=O) groups is 1. The van der Waals surface area contributed by atoms with Gasteiger partial charge in [0, 0.05) is 36.7 Å². The van der Waals surface area contributed by atoms with Gasteiger partial charge < -0.3 is 10.2 Å². The van der Waals surface area contributed by atoms with Crippen molar-refractivity contribution in [1.29, 1.82) is 0 Å². The highest BCUT2D eigenvalue weighted by molar-refractivity contribution is 5.86. The normalized spacial score (nSPS) is 16.5. The number of likely N-dealkylation sites (N-methyl/N-ethyl adjacent to an activating group) is 1. The van der Waals surface area contributed by atoms with Crippen molar-refractivity contribution in [3.63, 3.8) is 0 Å². The third-order valence-corrected chi connectivity index (χ3v) is 6.13. The number of amides is 1. The van der Waals surface area contributed by atoms with Crippen molar-refractivity contribution in [2.24, 2.45) is 0 Å². The molecule has 1 aromatic heterocycles. The van der Waals surface area contributed by atoms with Crippen molar-refractivity contribution in [3.05, 3.63) is 59.4 Å². The van der Waals surface area contributed by atoms with Crippen LogP contribution in [0.2, 0.25) is 0 Å². The van der Waals surface area contributed by atoms with Gasteiger partial charge in [-0.15, -0.1) is 0 Å². The fourth-order valence-corrected chi connectivity index (χ4v) is 4.19. The maximum Gasteiger partial charge on any atom is 0.417 e. The first kappa shape index (κ1) is 24.1. The Balaban J connectivity index is 1.95. The number of carbonyl (C=O) groups excluding carboxylic acids is 1. The van der Waals surface area contributed by atoms with Gasteiger partial charge in [-0.25, -0.2) is 0 Å². The summed E-state index contributed by atoms with van der Waals surface area (Å²) in [5.41, 5.74) is 1.22. The summed E-state index contributed by atoms with van der Waals surface area (Å²) in [6.45, 7) is 6.33. The molecule has 0 bridgehead atoms. The van der Waals surface area contributed by atoms with Crippen molar-refractivity contribution in [3.8, 4) is 0 Å². The molecule has 0 saturated heterocycles. The Bertz CT molecular complexity index is 913. The quantitative estimate of drug-likeness (QED) is 0.609. The number of halogens is 3. The second kappa shape index (κ2) is 9.51. The minimum Gasteiger partial charge on any atom is -0.359 e. The Kier molecular flexibility index (Phi) is 7.16. The predicted octanol–water partition coefficient (Wildman–Crippen LogP) is 6.02. The summed E-state index contributed by atoms with van der Waals surface area (Å²) in [7, 11) is 1.73. The maximum atomic E-state index is 13.4. The second-order valence-electron chi connectivity index (χ2n) is 9.66. The number of hydrogen-bond acceptors (Lipinski definition) is 3. The van der Waals surface area contributed by atoms with E-state index in [0.29, 0.717) is 0 Å². The zero-order chi connectivity index (χ0) is 23.5. The first-order valence-electron chi connectivity index (χ1n) is 11.1. The van der Waals surface area contributed by atoms with Crippen LogP contribution in [0.15, 0.2) is 42.7 Å². The fraction of sp³-hybridized carbons (Fsp3) is 0.520. The SMILES string of the molecule is CN(c1ccc(C(C)(C)C)cc1)C(C(=O)NC1CCCCC1)c1cncc(C(F)(F)F)c1. The topological polar surface area (TPSA) is 45.2 Å². The third kappa shape index (κ3) is 5.81. The first-order valence-corrected chi connectivity index (χ1v) is 11.1. The molecule has 2 aromatic rings. The van der Waals surface area contributed by atoms with Crippen molar-refractivity contribution in [2.75, 3.05) is 11.9 Å². The van der Waals surface area contributed by atoms with E-state index in [1.165, 1.54) is 6.20 Å². The zero-order valence-electron chi connectivity index (χ0n) is 19.2. The van der Waals surface area contributed by atoms with Crippen LogP contribution < -0.4 is 10.2 Å². The number of nitrogens with zero attached hydrogens (tertiary/aromatic N) is 2. The molecule has 1 saturated carbocycles. The van der Waals surface area contributed by atoms with E-state index in [1.807, 2.05) is 24.3 Å². The molecule has 0 aliphatic heterocycles. The molecule has 1 fully saturated rings. The zero-order valence-corrected chi connectivity index (χ0v) is 19.2. The fourth-order valence-electron chi connectivity index (χ4n) is 4.19. The van der Waals surface area contributed by atoms with Crippen LogP contribution in [0.4, 0.5) is 18.9 Å². The monoisotopic (exact) mass is 447 g/mol. The van der Waals surface area contributed by atoms with Gasteiger partial charge in [-0.2, -0.15) is 13.2 Å². The Morgan fingerprint density at radius 1 is 1.03 bits per heavy atom. The highest BCUT2D eigenvalue weighted by atomic mass is 19.4. The summed E-state index contributed by atoms with van der Waals surface area (Å²) < 4.78 is 40.0. The van der Waals surface area contributed by atoms with E-state index in [4.69, 9.17) is 0 Å². The molecule has 32 heavy (non-hydrogen) atoms. The van der Waals surface area contributed by atoms with Crippen LogP contribution in [0.5, 0.6) is 0 Å². The van der Waals surface area contributed by atoms with Crippen LogP contribution in [0.3, 0.4) is 0 Å². The van der Waals surface area contributed by atoms with Gasteiger partial charge >= 0.3 is 6.18 Å². The van der Waals surface area contributed by atoms with Gasteiger partial charge in [-0.1, -0.05) is 52.2 Å². The molecule has 1 amide bonds. The third-order valence-electron chi connectivity index (χ3n) is 6.13. The van der Waals surface area contributed by atoms with E-state index in [1.54, 1.807) is 11.9 Å². The minimum atomic E-state index is -4.53. The molecule has 1 heterocycles. The van der Waals surface area contributed by atoms with Crippen LogP contribution in [0.1, 0.15) is 75.6 Å². The molecular weight excluding hydrogens is 415 g/mol. The van der Waals surface area contributed by atoms with E-state index in [-0.39, 0.29) is 22.9 Å². The molecule has 1 N–H and O–H groups in total. The van der Waals surface area contributed by atoms with Crippen molar-refractivity contribution in [1.82, 2.24) is 10.3 Å². The lowest BCUT2D eigenvalue weighted by atomic mass is 9.87. The van der Waals surface area contributed by atoms with E-state index in [2.05, 4.69) is 31.1 Å². The Morgan fingerprint density at radius 2 is 1.66 bits per heavy atom. The van der Waals surface area contributed by atoms with E-state index in [0.717, 1.165) is 55.6 Å². The molecule has 1 aromatic carbocycles. The molecular formula is C25H32F3N3O. The Labute approximate surface area is 188 Å². The summed E-state index contributed by atoms with van der Waals surface area (Å²) in [5.74, 6) is -0.305. The summed E-state index contributed by atoms with van der Waals surface area (Å²) in [4.78, 5) is 18.9. The minimum absolute atomic E-state index is 0.0280. The van der Waals surface area contributed by atoms with Crippen LogP contribution in [-0.4, -0.2) is 24.0 Å². The number of aromatic nitrogens is 1. The largest absolute Gasteiger partial charge is 0.417 e. The van der Waals surface area contributed by atoms with Gasteiger partial charge in [0.15, 0.2) is 0 Å². The van der Waals surface area contributed by atoms with E-state index >= 15 is 0 Å². The number of hydrogen-bond donors (Lipinski definition) is 1. The Hall–Kier alpha value is -2.57. The molecule has 3 rings (SSSR count). The van der Waals surface area contributed by atoms with Gasteiger partial charge in [0.25, 0.3) is 0 Å². The summed E-state index contributed by atoms with van der Waals surface area (Å²) in [6.07, 6.45) is 2.63. The van der Waals surface area contributed by atoms with Gasteiger partial charge in [-0.3, -0.25) is 9.78 Å². The number of nitrogens with one attached hydrogen (secondary N) is 1. The summed E-state index contributed by atoms with van der Waals surface area (Å²) >= 11 is 0. The second-order valence-corrected chi connectivity index (χ2v) is 9.66. The lowest BCUT2D eigenvalue weighted by Crippen LogP contribution is -2.44. The van der Waals surface area contributed by atoms with Crippen LogP contribution in [0.25, 0.3) is 0 Å². The number of pyridine rings is 1. The molecule has 0 spiro atoms. The lowest BCUT2D eigenvalue weighted by molar-refractivity contribution is -0.138. The van der Waals surface area contributed by atoms with Crippen LogP contribution in [-0.2, 0) is 16.4 Å². The standard InChI is InChI=1S/C25H32F3N3O/c1-24(2,3)18-10-12-21(13-11-18)31(4)22(23(32)30-20-8-6-5-7-9-20)17-14-19(16-29-15-17)25(26,27)28/h10-16,20,22H,5-9H2,1-4H3,(H,30,32). The number of anilines is 1. The predicted molar refractivity (Wildman–Crippen MR) is 121 cm³/mol. The van der Waals surface area contributed by atoms with Crippen molar-refractivity contribution < 1.29 is 18.0 Å². The molecule has 174 valence electrons. The highest BCUT2D eigenvalue weighted by Crippen LogP contribution is 2.33. The number of rotatable bonds is 5. The smallest absolute Gasteiger partial charge is 0.359 e. The lowest BCUT2D eigenvalue weighted by Gasteiger charge is -2.32. The molecule has 0 radical (unpaired) electrons. The first-order chi connectivity index (χ1) is 15.0. The average molecular weight is 448 g/mol. The van der Waals surface area contributed by atoms with Crippen molar-refractivity contribution in [2.45, 2.75) is 76.6 Å². The number of benzene rings is 1. The van der Waals surface area contributed by atoms with Gasteiger partial charge in [0.05, 0.1) is 5.56 Å². The van der Waals surface area contributed by atoms with Gasteiger partial charge in [0.2, 0.25) is 5.91 Å².